The minimum Gasteiger partial charge on any atom is -0.507 e. The Kier molecular flexibility index (Phi) is 12.4. The average Bonchev–Trinajstić information content (AvgIpc) is 2.89. The topological polar surface area (TPSA) is 213 Å². The number of phenolic OH excluding ortho intramolecular Hbond substituents is 1. The van der Waals surface area contributed by atoms with Crippen molar-refractivity contribution in [2.75, 3.05) is 17.6 Å². The van der Waals surface area contributed by atoms with Crippen molar-refractivity contribution >= 4 is 29.4 Å². The maximum absolute atomic E-state index is 14.6. The summed E-state index contributed by atoms with van der Waals surface area (Å²) in [5.41, 5.74) is 12.6. The molecule has 2 aromatic carbocycles. The summed E-state index contributed by atoms with van der Waals surface area (Å²) in [7, 11) is 0. The Morgan fingerprint density at radius 1 is 0.907 bits per heavy atom. The molecule has 0 fully saturated rings. The number of nitrogens with one attached hydrogen (secondary N) is 1. The van der Waals surface area contributed by atoms with Gasteiger partial charge in [-0.3, -0.25) is 4.79 Å². The van der Waals surface area contributed by atoms with Crippen molar-refractivity contribution in [1.82, 2.24) is 4.98 Å². The van der Waals surface area contributed by atoms with Crippen molar-refractivity contribution in [3.8, 4) is 34.2 Å². The van der Waals surface area contributed by atoms with Gasteiger partial charge >= 0.3 is 24.3 Å². The lowest BCUT2D eigenvalue weighted by Gasteiger charge is -2.13. The molecule has 1 aromatic heterocycles. The number of alkyl halides is 6. The lowest BCUT2D eigenvalue weighted by molar-refractivity contribution is -0.193. The zero-order valence-electron chi connectivity index (χ0n) is 21.3. The highest BCUT2D eigenvalue weighted by Gasteiger charge is 2.38. The number of amides is 1. The van der Waals surface area contributed by atoms with Gasteiger partial charge in [0.2, 0.25) is 5.91 Å². The van der Waals surface area contributed by atoms with E-state index in [2.05, 4.69) is 10.3 Å². The summed E-state index contributed by atoms with van der Waals surface area (Å²) in [6, 6.07) is 13.9. The molecule has 3 rings (SSSR count). The fourth-order valence-corrected chi connectivity index (χ4v) is 2.89. The standard InChI is InChI=1S/C21H18FN5O2.2C2HF3O2/c22-17-6-5-12(26-20(29)7-8-23)9-15(17)14-10-18(27-21(25)16(14)11-24)13-3-1-2-4-19(13)28;2*3-2(4,5)1(6)7/h1-6,9-10,28H,7-8,23H2,(H2,25,27)(H,26,29);2*(H,6,7). The van der Waals surface area contributed by atoms with E-state index in [4.69, 9.17) is 31.3 Å². The number of carboxylic acid groups (broad SMARTS) is 2. The van der Waals surface area contributed by atoms with E-state index in [1.165, 1.54) is 30.3 Å². The van der Waals surface area contributed by atoms with Gasteiger partial charge in [-0.2, -0.15) is 31.6 Å². The van der Waals surface area contributed by atoms with Crippen LogP contribution in [0.1, 0.15) is 12.0 Å². The van der Waals surface area contributed by atoms with Gasteiger partial charge in [-0.05, 0) is 36.4 Å². The Hall–Kier alpha value is -5.44. The number of phenols is 1. The Balaban J connectivity index is 0.000000548. The molecular formula is C25H20F7N5O6. The molecule has 230 valence electrons. The molecule has 0 aliphatic carbocycles. The second-order valence-electron chi connectivity index (χ2n) is 7.83. The van der Waals surface area contributed by atoms with Gasteiger partial charge in [0, 0.05) is 35.3 Å². The molecule has 3 aromatic rings. The molecule has 8 N–H and O–H groups in total. The number of nitriles is 1. The third-order valence-electron chi connectivity index (χ3n) is 4.74. The maximum Gasteiger partial charge on any atom is 0.490 e. The van der Waals surface area contributed by atoms with Crippen LogP contribution in [0.25, 0.3) is 22.4 Å². The van der Waals surface area contributed by atoms with E-state index in [9.17, 15) is 45.9 Å². The molecule has 0 bridgehead atoms. The van der Waals surface area contributed by atoms with Gasteiger partial charge in [-0.15, -0.1) is 0 Å². The second kappa shape index (κ2) is 15.0. The molecule has 0 aliphatic heterocycles. The van der Waals surface area contributed by atoms with Crippen LogP contribution < -0.4 is 16.8 Å². The van der Waals surface area contributed by atoms with Crippen LogP contribution in [-0.2, 0) is 14.4 Å². The van der Waals surface area contributed by atoms with Crippen LogP contribution in [0.4, 0.5) is 42.2 Å². The van der Waals surface area contributed by atoms with Gasteiger partial charge < -0.3 is 32.1 Å². The van der Waals surface area contributed by atoms with Crippen molar-refractivity contribution < 1.29 is 60.4 Å². The predicted octanol–water partition coefficient (Wildman–Crippen LogP) is 4.27. The number of nitrogens with two attached hydrogens (primary N) is 2. The van der Waals surface area contributed by atoms with Crippen LogP contribution in [0.5, 0.6) is 5.75 Å². The molecule has 0 spiro atoms. The fourth-order valence-electron chi connectivity index (χ4n) is 2.89. The second-order valence-corrected chi connectivity index (χ2v) is 7.83. The number of anilines is 2. The number of nitrogens with zero attached hydrogens (tertiary/aromatic N) is 2. The summed E-state index contributed by atoms with van der Waals surface area (Å²) in [6.07, 6.45) is -10.0. The summed E-state index contributed by atoms with van der Waals surface area (Å²) in [6.45, 7) is 0.184. The molecule has 0 radical (unpaired) electrons. The van der Waals surface area contributed by atoms with Crippen molar-refractivity contribution in [3.05, 3.63) is 59.9 Å². The zero-order valence-corrected chi connectivity index (χ0v) is 21.3. The summed E-state index contributed by atoms with van der Waals surface area (Å²) < 4.78 is 78.1. The van der Waals surface area contributed by atoms with Gasteiger partial charge in [0.25, 0.3) is 0 Å². The van der Waals surface area contributed by atoms with Crippen LogP contribution in [0.2, 0.25) is 0 Å². The van der Waals surface area contributed by atoms with E-state index in [1.807, 2.05) is 6.07 Å². The normalized spacial score (nSPS) is 10.7. The van der Waals surface area contributed by atoms with Crippen LogP contribution in [-0.4, -0.2) is 57.0 Å². The minimum absolute atomic E-state index is 0.00601. The van der Waals surface area contributed by atoms with E-state index in [-0.39, 0.29) is 52.8 Å². The molecular weight excluding hydrogens is 599 g/mol. The predicted molar refractivity (Wildman–Crippen MR) is 136 cm³/mol. The molecule has 0 saturated heterocycles. The van der Waals surface area contributed by atoms with Crippen LogP contribution in [0.15, 0.2) is 48.5 Å². The monoisotopic (exact) mass is 619 g/mol. The van der Waals surface area contributed by atoms with Crippen molar-refractivity contribution in [2.24, 2.45) is 5.73 Å². The molecule has 0 aliphatic rings. The molecule has 43 heavy (non-hydrogen) atoms. The first-order chi connectivity index (χ1) is 19.8. The third-order valence-corrected chi connectivity index (χ3v) is 4.74. The van der Waals surface area contributed by atoms with Crippen LogP contribution in [0, 0.1) is 17.1 Å². The summed E-state index contributed by atoms with van der Waals surface area (Å²) >= 11 is 0. The Morgan fingerprint density at radius 2 is 1.44 bits per heavy atom. The van der Waals surface area contributed by atoms with Gasteiger partial charge in [-0.25, -0.2) is 19.0 Å². The highest BCUT2D eigenvalue weighted by atomic mass is 19.4. The van der Waals surface area contributed by atoms with E-state index >= 15 is 0 Å². The molecule has 0 atom stereocenters. The zero-order chi connectivity index (χ0) is 33.1. The molecule has 1 amide bonds. The summed E-state index contributed by atoms with van der Waals surface area (Å²) in [5, 5.41) is 36.5. The first-order valence-electron chi connectivity index (χ1n) is 11.2. The number of nitrogen functional groups attached to an aromatic ring is 1. The smallest absolute Gasteiger partial charge is 0.490 e. The summed E-state index contributed by atoms with van der Waals surface area (Å²) in [5.74, 6) is -6.56. The van der Waals surface area contributed by atoms with Crippen molar-refractivity contribution in [3.63, 3.8) is 0 Å². The number of benzene rings is 2. The van der Waals surface area contributed by atoms with Gasteiger partial charge in [0.15, 0.2) is 0 Å². The van der Waals surface area contributed by atoms with E-state index < -0.39 is 30.1 Å². The quantitative estimate of drug-likeness (QED) is 0.223. The Labute approximate surface area is 236 Å². The van der Waals surface area contributed by atoms with Crippen LogP contribution in [0.3, 0.4) is 0 Å². The number of hydrogen-bond acceptors (Lipinski definition) is 8. The highest BCUT2D eigenvalue weighted by Crippen LogP contribution is 2.36. The fraction of sp³-hybridized carbons (Fsp3) is 0.160. The molecule has 11 nitrogen and oxygen atoms in total. The number of pyridine rings is 1. The van der Waals surface area contributed by atoms with Gasteiger partial charge in [0.05, 0.1) is 5.69 Å². The number of carbonyl (C=O) groups excluding carboxylic acids is 1. The van der Waals surface area contributed by atoms with Crippen molar-refractivity contribution in [1.29, 1.82) is 5.26 Å². The number of aromatic nitrogens is 1. The number of hydrogen-bond donors (Lipinski definition) is 6. The molecule has 0 unspecified atom stereocenters. The van der Waals surface area contributed by atoms with Gasteiger partial charge in [-0.1, -0.05) is 12.1 Å². The first-order valence-corrected chi connectivity index (χ1v) is 11.2. The van der Waals surface area contributed by atoms with Gasteiger partial charge in [0.1, 0.15) is 29.0 Å². The molecule has 0 saturated carbocycles. The highest BCUT2D eigenvalue weighted by molar-refractivity contribution is 5.92. The first kappa shape index (κ1) is 35.6. The maximum atomic E-state index is 14.6. The van der Waals surface area contributed by atoms with E-state index in [0.717, 1.165) is 0 Å². The largest absolute Gasteiger partial charge is 0.507 e. The van der Waals surface area contributed by atoms with Crippen molar-refractivity contribution in [2.45, 2.75) is 18.8 Å². The molecule has 18 heteroatoms. The molecule has 1 heterocycles. The number of rotatable bonds is 5. The lowest BCUT2D eigenvalue weighted by Crippen LogP contribution is -2.21. The number of halogens is 7. The Morgan fingerprint density at radius 3 is 1.91 bits per heavy atom. The number of carbonyl (C=O) groups is 3. The SMILES string of the molecule is N#Cc1c(-c2cc(NC(=O)CCN)ccc2F)cc(-c2ccccc2O)nc1N.O=C(O)C(F)(F)F.O=C(O)C(F)(F)F. The summed E-state index contributed by atoms with van der Waals surface area (Å²) in [4.78, 5) is 33.8. The number of carboxylic acids is 2. The Bertz CT molecular complexity index is 1500. The lowest BCUT2D eigenvalue weighted by atomic mass is 9.97. The number of para-hydroxylation sites is 1. The number of aromatic hydroxyl groups is 1. The van der Waals surface area contributed by atoms with E-state index in [1.54, 1.807) is 18.2 Å². The average molecular weight is 619 g/mol. The van der Waals surface area contributed by atoms with Crippen LogP contribution >= 0.6 is 0 Å². The minimum atomic E-state index is -5.08. The van der Waals surface area contributed by atoms with E-state index in [0.29, 0.717) is 11.3 Å². The third kappa shape index (κ3) is 10.8. The number of aliphatic carboxylic acids is 2.